The lowest BCUT2D eigenvalue weighted by atomic mass is 9.72. The number of nitrogens with zero attached hydrogens (tertiary/aromatic N) is 2. The lowest BCUT2D eigenvalue weighted by Gasteiger charge is -2.32. The molecule has 2 aromatic rings. The van der Waals surface area contributed by atoms with Gasteiger partial charge in [-0.05, 0) is 35.8 Å². The molecule has 0 radical (unpaired) electrons. The van der Waals surface area contributed by atoms with Gasteiger partial charge in [0.25, 0.3) is 11.4 Å². The second-order valence-electron chi connectivity index (χ2n) is 6.19. The SMILES string of the molecule is O=[N+]([O-])c1ccc(C2CCCCC2c2ccc([N+](=O)[O-])cc2)cc1. The Balaban J connectivity index is 1.87. The average Bonchev–Trinajstić information content (AvgIpc) is 2.62. The smallest absolute Gasteiger partial charge is 0.258 e. The summed E-state index contributed by atoms with van der Waals surface area (Å²) in [5, 5.41) is 21.6. The van der Waals surface area contributed by atoms with E-state index >= 15 is 0 Å². The van der Waals surface area contributed by atoms with Gasteiger partial charge in [-0.25, -0.2) is 0 Å². The molecule has 0 amide bonds. The molecule has 0 heterocycles. The Kier molecular flexibility index (Phi) is 4.55. The third kappa shape index (κ3) is 3.27. The maximum Gasteiger partial charge on any atom is 0.269 e. The standard InChI is InChI=1S/C18H18N2O4/c21-19(22)15-9-5-13(6-10-15)17-3-1-2-4-18(17)14-7-11-16(12-8-14)20(23)24/h5-12,17-18H,1-4H2. The van der Waals surface area contributed by atoms with E-state index in [0.717, 1.165) is 36.8 Å². The zero-order valence-electron chi connectivity index (χ0n) is 13.1. The van der Waals surface area contributed by atoms with Crippen molar-refractivity contribution < 1.29 is 9.85 Å². The number of benzene rings is 2. The minimum atomic E-state index is -0.390. The molecule has 0 aromatic heterocycles. The van der Waals surface area contributed by atoms with Crippen LogP contribution in [0, 0.1) is 20.2 Å². The molecule has 6 nitrogen and oxygen atoms in total. The summed E-state index contributed by atoms with van der Waals surface area (Å²) in [6.07, 6.45) is 4.31. The van der Waals surface area contributed by atoms with E-state index in [0.29, 0.717) is 11.8 Å². The van der Waals surface area contributed by atoms with Crippen molar-refractivity contribution in [1.29, 1.82) is 0 Å². The Labute approximate surface area is 139 Å². The molecule has 124 valence electrons. The summed E-state index contributed by atoms with van der Waals surface area (Å²) in [4.78, 5) is 20.8. The fourth-order valence-corrected chi connectivity index (χ4v) is 3.62. The summed E-state index contributed by atoms with van der Waals surface area (Å²) in [5.74, 6) is 0.585. The molecule has 3 rings (SSSR count). The number of nitro groups is 2. The molecular weight excluding hydrogens is 308 g/mol. The topological polar surface area (TPSA) is 86.3 Å². The van der Waals surface area contributed by atoms with Crippen LogP contribution in [0.5, 0.6) is 0 Å². The lowest BCUT2D eigenvalue weighted by molar-refractivity contribution is -0.385. The summed E-state index contributed by atoms with van der Waals surface area (Å²) in [7, 11) is 0. The van der Waals surface area contributed by atoms with E-state index in [1.54, 1.807) is 24.3 Å². The van der Waals surface area contributed by atoms with Crippen LogP contribution in [0.1, 0.15) is 48.6 Å². The number of hydrogen-bond donors (Lipinski definition) is 0. The van der Waals surface area contributed by atoms with Crippen LogP contribution in [0.3, 0.4) is 0 Å². The van der Waals surface area contributed by atoms with Gasteiger partial charge in [-0.3, -0.25) is 20.2 Å². The first kappa shape index (κ1) is 16.1. The monoisotopic (exact) mass is 326 g/mol. The molecule has 0 N–H and O–H groups in total. The van der Waals surface area contributed by atoms with Crippen LogP contribution < -0.4 is 0 Å². The minimum Gasteiger partial charge on any atom is -0.258 e. The molecule has 2 atom stereocenters. The van der Waals surface area contributed by atoms with Crippen molar-refractivity contribution >= 4 is 11.4 Å². The summed E-state index contributed by atoms with van der Waals surface area (Å²) >= 11 is 0. The molecule has 0 spiro atoms. The number of rotatable bonds is 4. The number of nitro benzene ring substituents is 2. The first-order chi connectivity index (χ1) is 11.6. The van der Waals surface area contributed by atoms with Crippen molar-refractivity contribution in [1.82, 2.24) is 0 Å². The summed E-state index contributed by atoms with van der Waals surface area (Å²) in [6, 6.07) is 13.6. The summed E-state index contributed by atoms with van der Waals surface area (Å²) in [6.45, 7) is 0. The van der Waals surface area contributed by atoms with Gasteiger partial charge in [-0.15, -0.1) is 0 Å². The maximum atomic E-state index is 10.8. The molecule has 6 heteroatoms. The number of hydrogen-bond acceptors (Lipinski definition) is 4. The van der Waals surface area contributed by atoms with Crippen LogP contribution in [0.4, 0.5) is 11.4 Å². The maximum absolute atomic E-state index is 10.8. The van der Waals surface area contributed by atoms with E-state index in [1.807, 2.05) is 24.3 Å². The molecule has 0 aliphatic heterocycles. The molecule has 2 aromatic carbocycles. The predicted molar refractivity (Wildman–Crippen MR) is 90.1 cm³/mol. The van der Waals surface area contributed by atoms with Crippen LogP contribution in [0.25, 0.3) is 0 Å². The Morgan fingerprint density at radius 2 is 1.00 bits per heavy atom. The van der Waals surface area contributed by atoms with Crippen molar-refractivity contribution in [3.63, 3.8) is 0 Å². The summed E-state index contributed by atoms with van der Waals surface area (Å²) < 4.78 is 0. The van der Waals surface area contributed by atoms with Crippen LogP contribution in [-0.4, -0.2) is 9.85 Å². The van der Waals surface area contributed by atoms with Gasteiger partial charge in [0.2, 0.25) is 0 Å². The van der Waals surface area contributed by atoms with Crippen molar-refractivity contribution in [3.05, 3.63) is 79.9 Å². The highest BCUT2D eigenvalue weighted by molar-refractivity contribution is 5.39. The van der Waals surface area contributed by atoms with E-state index in [2.05, 4.69) is 0 Å². The molecule has 24 heavy (non-hydrogen) atoms. The minimum absolute atomic E-state index is 0.0986. The van der Waals surface area contributed by atoms with Gasteiger partial charge in [0.15, 0.2) is 0 Å². The molecule has 0 saturated heterocycles. The Bertz CT molecular complexity index is 675. The van der Waals surface area contributed by atoms with Crippen LogP contribution in [0.2, 0.25) is 0 Å². The highest BCUT2D eigenvalue weighted by Crippen LogP contribution is 2.44. The highest BCUT2D eigenvalue weighted by Gasteiger charge is 2.28. The zero-order chi connectivity index (χ0) is 17.1. The van der Waals surface area contributed by atoms with Crippen molar-refractivity contribution in [2.45, 2.75) is 37.5 Å². The third-order valence-corrected chi connectivity index (χ3v) is 4.83. The molecule has 1 fully saturated rings. The van der Waals surface area contributed by atoms with Crippen molar-refractivity contribution in [2.24, 2.45) is 0 Å². The van der Waals surface area contributed by atoms with Crippen molar-refractivity contribution in [3.8, 4) is 0 Å². The Hall–Kier alpha value is -2.76. The van der Waals surface area contributed by atoms with Gasteiger partial charge in [-0.2, -0.15) is 0 Å². The van der Waals surface area contributed by atoms with E-state index < -0.39 is 9.85 Å². The first-order valence-corrected chi connectivity index (χ1v) is 8.05. The van der Waals surface area contributed by atoms with Gasteiger partial charge >= 0.3 is 0 Å². The van der Waals surface area contributed by atoms with Crippen molar-refractivity contribution in [2.75, 3.05) is 0 Å². The van der Waals surface area contributed by atoms with E-state index in [1.165, 1.54) is 0 Å². The van der Waals surface area contributed by atoms with Gasteiger partial charge in [-0.1, -0.05) is 37.1 Å². The Morgan fingerprint density at radius 3 is 1.29 bits per heavy atom. The summed E-state index contributed by atoms with van der Waals surface area (Å²) in [5.41, 5.74) is 2.40. The van der Waals surface area contributed by atoms with Gasteiger partial charge in [0, 0.05) is 24.3 Å². The molecular formula is C18H18N2O4. The van der Waals surface area contributed by atoms with E-state index in [4.69, 9.17) is 0 Å². The third-order valence-electron chi connectivity index (χ3n) is 4.83. The average molecular weight is 326 g/mol. The fraction of sp³-hybridized carbons (Fsp3) is 0.333. The quantitative estimate of drug-likeness (QED) is 0.588. The fourth-order valence-electron chi connectivity index (χ4n) is 3.62. The molecule has 0 bridgehead atoms. The van der Waals surface area contributed by atoms with Crippen LogP contribution in [0.15, 0.2) is 48.5 Å². The number of non-ortho nitro benzene ring substituents is 2. The second-order valence-corrected chi connectivity index (χ2v) is 6.19. The highest BCUT2D eigenvalue weighted by atomic mass is 16.6. The second kappa shape index (κ2) is 6.78. The normalized spacial score (nSPS) is 20.5. The largest absolute Gasteiger partial charge is 0.269 e. The van der Waals surface area contributed by atoms with Gasteiger partial charge < -0.3 is 0 Å². The molecule has 2 unspecified atom stereocenters. The van der Waals surface area contributed by atoms with E-state index in [9.17, 15) is 20.2 Å². The van der Waals surface area contributed by atoms with Gasteiger partial charge in [0.05, 0.1) is 9.85 Å². The zero-order valence-corrected chi connectivity index (χ0v) is 13.1. The van der Waals surface area contributed by atoms with Crippen LogP contribution >= 0.6 is 0 Å². The molecule has 1 aliphatic carbocycles. The first-order valence-electron chi connectivity index (χ1n) is 8.05. The van der Waals surface area contributed by atoms with Gasteiger partial charge in [0.1, 0.15) is 0 Å². The predicted octanol–water partition coefficient (Wildman–Crippen LogP) is 4.94. The molecule has 1 saturated carbocycles. The van der Waals surface area contributed by atoms with E-state index in [-0.39, 0.29) is 11.4 Å². The molecule has 1 aliphatic rings. The lowest BCUT2D eigenvalue weighted by Crippen LogP contribution is -2.16. The Morgan fingerprint density at radius 1 is 0.667 bits per heavy atom. The van der Waals surface area contributed by atoms with Crippen LogP contribution in [-0.2, 0) is 0 Å².